The maximum Gasteiger partial charge on any atom is 0.258 e. The van der Waals surface area contributed by atoms with E-state index in [-0.39, 0.29) is 5.91 Å². The van der Waals surface area contributed by atoms with Crippen LogP contribution in [-0.2, 0) is 6.54 Å². The molecule has 5 nitrogen and oxygen atoms in total. The Morgan fingerprint density at radius 2 is 1.74 bits per heavy atom. The number of anilines is 1. The molecule has 3 N–H and O–H groups in total. The number of nitrogens with zero attached hydrogens (tertiary/aromatic N) is 2. The number of nitrogens with one attached hydrogen (secondary N) is 1. The molecule has 0 bridgehead atoms. The van der Waals surface area contributed by atoms with E-state index < -0.39 is 0 Å². The average molecular weight is 256 g/mol. The number of rotatable bonds is 3. The van der Waals surface area contributed by atoms with Crippen LogP contribution in [0, 0.1) is 13.8 Å². The molecule has 0 radical (unpaired) electrons. The summed E-state index contributed by atoms with van der Waals surface area (Å²) in [7, 11) is 0. The summed E-state index contributed by atoms with van der Waals surface area (Å²) in [4.78, 5) is 20.4. The Hall–Kier alpha value is -2.27. The minimum Gasteiger partial charge on any atom is -0.326 e. The number of amides is 1. The summed E-state index contributed by atoms with van der Waals surface area (Å²) in [6.07, 6.45) is 0. The quantitative estimate of drug-likeness (QED) is 0.877. The van der Waals surface area contributed by atoms with Gasteiger partial charge < -0.3 is 5.73 Å². The monoisotopic (exact) mass is 256 g/mol. The highest BCUT2D eigenvalue weighted by Gasteiger charge is 2.08. The van der Waals surface area contributed by atoms with Crippen LogP contribution < -0.4 is 11.1 Å². The van der Waals surface area contributed by atoms with Crippen LogP contribution >= 0.6 is 0 Å². The van der Waals surface area contributed by atoms with E-state index in [1.807, 2.05) is 32.0 Å². The van der Waals surface area contributed by atoms with Gasteiger partial charge in [-0.25, -0.2) is 9.97 Å². The summed E-state index contributed by atoms with van der Waals surface area (Å²) in [6, 6.07) is 8.99. The maximum atomic E-state index is 12.0. The smallest absolute Gasteiger partial charge is 0.258 e. The summed E-state index contributed by atoms with van der Waals surface area (Å²) in [5, 5.41) is 2.68. The summed E-state index contributed by atoms with van der Waals surface area (Å²) in [6.45, 7) is 4.18. The van der Waals surface area contributed by atoms with Crippen molar-refractivity contribution in [1.29, 1.82) is 0 Å². The third-order valence-corrected chi connectivity index (χ3v) is 2.66. The molecule has 1 aromatic carbocycles. The highest BCUT2D eigenvalue weighted by atomic mass is 16.1. The minimum atomic E-state index is -0.228. The Labute approximate surface area is 111 Å². The van der Waals surface area contributed by atoms with Crippen LogP contribution in [0.4, 0.5) is 5.95 Å². The summed E-state index contributed by atoms with van der Waals surface area (Å²) >= 11 is 0. The zero-order valence-electron chi connectivity index (χ0n) is 11.0. The molecule has 1 heterocycles. The second kappa shape index (κ2) is 5.58. The lowest BCUT2D eigenvalue weighted by Crippen LogP contribution is -2.15. The maximum absolute atomic E-state index is 12.0. The van der Waals surface area contributed by atoms with Gasteiger partial charge in [-0.3, -0.25) is 10.1 Å². The first-order chi connectivity index (χ1) is 9.08. The molecule has 0 unspecified atom stereocenters. The van der Waals surface area contributed by atoms with E-state index in [2.05, 4.69) is 15.3 Å². The Kier molecular flexibility index (Phi) is 3.87. The number of hydrogen-bond donors (Lipinski definition) is 2. The lowest BCUT2D eigenvalue weighted by Gasteiger charge is -2.06. The molecule has 0 aliphatic carbocycles. The molecule has 5 heteroatoms. The summed E-state index contributed by atoms with van der Waals surface area (Å²) in [5.74, 6) is 0.0963. The predicted octanol–water partition coefficient (Wildman–Crippen LogP) is 1.80. The summed E-state index contributed by atoms with van der Waals surface area (Å²) in [5.41, 5.74) is 8.69. The van der Waals surface area contributed by atoms with Crippen LogP contribution in [-0.4, -0.2) is 15.9 Å². The second-order valence-corrected chi connectivity index (χ2v) is 4.33. The van der Waals surface area contributed by atoms with Crippen molar-refractivity contribution in [3.05, 3.63) is 52.8 Å². The van der Waals surface area contributed by atoms with Gasteiger partial charge >= 0.3 is 0 Å². The van der Waals surface area contributed by atoms with Crippen molar-refractivity contribution in [2.24, 2.45) is 5.73 Å². The number of aryl methyl sites for hydroxylation is 2. The lowest BCUT2D eigenvalue weighted by molar-refractivity contribution is 0.102. The topological polar surface area (TPSA) is 80.9 Å². The molecule has 0 saturated heterocycles. The Balaban J connectivity index is 2.15. The van der Waals surface area contributed by atoms with Crippen molar-refractivity contribution in [2.75, 3.05) is 5.32 Å². The fraction of sp³-hybridized carbons (Fsp3) is 0.214. The van der Waals surface area contributed by atoms with Gasteiger partial charge in [-0.05, 0) is 37.6 Å². The number of aromatic nitrogens is 2. The lowest BCUT2D eigenvalue weighted by atomic mass is 10.1. The Bertz CT molecular complexity index is 573. The molecule has 1 aromatic heterocycles. The fourth-order valence-corrected chi connectivity index (χ4v) is 1.75. The van der Waals surface area contributed by atoms with Gasteiger partial charge in [0.15, 0.2) is 0 Å². The molecule has 2 rings (SSSR count). The van der Waals surface area contributed by atoms with Crippen LogP contribution in [0.2, 0.25) is 0 Å². The van der Waals surface area contributed by atoms with Crippen LogP contribution in [0.15, 0.2) is 30.3 Å². The minimum absolute atomic E-state index is 0.228. The highest BCUT2D eigenvalue weighted by molar-refractivity contribution is 6.03. The van der Waals surface area contributed by atoms with Crippen molar-refractivity contribution in [2.45, 2.75) is 20.4 Å². The van der Waals surface area contributed by atoms with Gasteiger partial charge in [-0.2, -0.15) is 0 Å². The van der Waals surface area contributed by atoms with Crippen LogP contribution in [0.25, 0.3) is 0 Å². The molecule has 19 heavy (non-hydrogen) atoms. The van der Waals surface area contributed by atoms with E-state index in [1.165, 1.54) is 0 Å². The van der Waals surface area contributed by atoms with Crippen molar-refractivity contribution in [1.82, 2.24) is 9.97 Å². The van der Waals surface area contributed by atoms with Gasteiger partial charge in [0.25, 0.3) is 5.91 Å². The van der Waals surface area contributed by atoms with Crippen molar-refractivity contribution >= 4 is 11.9 Å². The van der Waals surface area contributed by atoms with Crippen LogP contribution in [0.5, 0.6) is 0 Å². The Morgan fingerprint density at radius 3 is 2.26 bits per heavy atom. The molecule has 0 spiro atoms. The molecule has 0 saturated carbocycles. The Morgan fingerprint density at radius 1 is 1.16 bits per heavy atom. The highest BCUT2D eigenvalue weighted by Crippen LogP contribution is 2.08. The van der Waals surface area contributed by atoms with E-state index in [1.54, 1.807) is 12.1 Å². The third kappa shape index (κ3) is 3.35. The van der Waals surface area contributed by atoms with E-state index in [9.17, 15) is 4.79 Å². The first kappa shape index (κ1) is 13.2. The zero-order valence-corrected chi connectivity index (χ0v) is 11.0. The number of benzene rings is 1. The van der Waals surface area contributed by atoms with Gasteiger partial charge in [-0.1, -0.05) is 12.1 Å². The number of carbonyl (C=O) groups is 1. The molecular weight excluding hydrogens is 240 g/mol. The molecular formula is C14H16N4O. The molecule has 0 aliphatic heterocycles. The SMILES string of the molecule is Cc1cc(C)nc(NC(=O)c2ccc(CN)cc2)n1. The standard InChI is InChI=1S/C14H16N4O/c1-9-7-10(2)17-14(16-9)18-13(19)12-5-3-11(8-15)4-6-12/h3-7H,8,15H2,1-2H3,(H,16,17,18,19). The van der Waals surface area contributed by atoms with E-state index in [0.717, 1.165) is 17.0 Å². The van der Waals surface area contributed by atoms with Crippen LogP contribution in [0.3, 0.4) is 0 Å². The third-order valence-electron chi connectivity index (χ3n) is 2.66. The van der Waals surface area contributed by atoms with Gasteiger partial charge in [0.05, 0.1) is 0 Å². The molecule has 0 fully saturated rings. The van der Waals surface area contributed by atoms with Gasteiger partial charge in [0, 0.05) is 23.5 Å². The number of hydrogen-bond acceptors (Lipinski definition) is 4. The van der Waals surface area contributed by atoms with E-state index in [0.29, 0.717) is 18.1 Å². The number of nitrogens with two attached hydrogens (primary N) is 1. The first-order valence-corrected chi connectivity index (χ1v) is 6.01. The van der Waals surface area contributed by atoms with Crippen LogP contribution in [0.1, 0.15) is 27.3 Å². The van der Waals surface area contributed by atoms with Gasteiger partial charge in [-0.15, -0.1) is 0 Å². The normalized spacial score (nSPS) is 10.3. The average Bonchev–Trinajstić information content (AvgIpc) is 2.37. The molecule has 1 amide bonds. The predicted molar refractivity (Wildman–Crippen MR) is 73.8 cm³/mol. The molecule has 98 valence electrons. The largest absolute Gasteiger partial charge is 0.326 e. The molecule has 0 aliphatic rings. The zero-order chi connectivity index (χ0) is 13.8. The van der Waals surface area contributed by atoms with Crippen molar-refractivity contribution in [3.63, 3.8) is 0 Å². The van der Waals surface area contributed by atoms with Crippen molar-refractivity contribution in [3.8, 4) is 0 Å². The molecule has 0 atom stereocenters. The number of carbonyl (C=O) groups excluding carboxylic acids is 1. The fourth-order valence-electron chi connectivity index (χ4n) is 1.75. The van der Waals surface area contributed by atoms with E-state index >= 15 is 0 Å². The van der Waals surface area contributed by atoms with Gasteiger partial charge in [0.1, 0.15) is 0 Å². The first-order valence-electron chi connectivity index (χ1n) is 6.01. The summed E-state index contributed by atoms with van der Waals surface area (Å²) < 4.78 is 0. The van der Waals surface area contributed by atoms with Gasteiger partial charge in [0.2, 0.25) is 5.95 Å². The van der Waals surface area contributed by atoms with Crippen molar-refractivity contribution < 1.29 is 4.79 Å². The molecule has 2 aromatic rings. The van der Waals surface area contributed by atoms with E-state index in [4.69, 9.17) is 5.73 Å². The second-order valence-electron chi connectivity index (χ2n) is 4.33.